The van der Waals surface area contributed by atoms with Crippen LogP contribution in [0.3, 0.4) is 0 Å². The van der Waals surface area contributed by atoms with Gasteiger partial charge in [-0.25, -0.2) is 0 Å². The topological polar surface area (TPSA) is 30.9 Å². The number of aliphatic imine (C=N–C) groups is 1. The fraction of sp³-hybridized carbons (Fsp3) is 0.682. The van der Waals surface area contributed by atoms with E-state index in [1.54, 1.807) is 0 Å². The van der Waals surface area contributed by atoms with Crippen LogP contribution < -0.4 is 5.32 Å². The Hall–Kier alpha value is -0.820. The molecule has 3 rings (SSSR count). The van der Waals surface area contributed by atoms with Crippen molar-refractivity contribution in [3.8, 4) is 0 Å². The Bertz CT molecular complexity index is 555. The molecule has 0 saturated carbocycles. The summed E-state index contributed by atoms with van der Waals surface area (Å²) in [7, 11) is 1.93. The van der Waals surface area contributed by atoms with Gasteiger partial charge in [-0.3, -0.25) is 4.99 Å². The van der Waals surface area contributed by atoms with Gasteiger partial charge in [-0.15, -0.1) is 24.0 Å². The van der Waals surface area contributed by atoms with Crippen molar-refractivity contribution in [2.24, 2.45) is 16.8 Å². The van der Waals surface area contributed by atoms with Crippen LogP contribution in [0.25, 0.3) is 0 Å². The van der Waals surface area contributed by atoms with E-state index in [9.17, 15) is 0 Å². The number of rotatable bonds is 6. The molecule has 1 N–H and O–H groups in total. The minimum atomic E-state index is 0. The lowest BCUT2D eigenvalue weighted by molar-refractivity contribution is 0.185. The lowest BCUT2D eigenvalue weighted by Gasteiger charge is -2.32. The van der Waals surface area contributed by atoms with Crippen LogP contribution in [-0.4, -0.2) is 62.1 Å². The summed E-state index contributed by atoms with van der Waals surface area (Å²) in [6.07, 6.45) is 6.37. The number of nitrogens with zero attached hydrogens (tertiary/aromatic N) is 3. The molecule has 0 aliphatic carbocycles. The summed E-state index contributed by atoms with van der Waals surface area (Å²) in [5.74, 6) is 2.65. The molecule has 0 radical (unpaired) electrons. The minimum absolute atomic E-state index is 0. The largest absolute Gasteiger partial charge is 0.356 e. The summed E-state index contributed by atoms with van der Waals surface area (Å²) in [6.45, 7) is 9.41. The van der Waals surface area contributed by atoms with Crippen molar-refractivity contribution in [2.75, 3.05) is 46.3 Å². The van der Waals surface area contributed by atoms with Gasteiger partial charge in [0, 0.05) is 26.7 Å². The molecule has 0 spiro atoms. The third-order valence-electron chi connectivity index (χ3n) is 5.96. The van der Waals surface area contributed by atoms with Crippen LogP contribution in [0, 0.1) is 11.8 Å². The number of guanidine groups is 1. The van der Waals surface area contributed by atoms with Crippen LogP contribution >= 0.6 is 24.0 Å². The average molecular weight is 484 g/mol. The van der Waals surface area contributed by atoms with Gasteiger partial charge in [0.2, 0.25) is 0 Å². The molecule has 4 nitrogen and oxygen atoms in total. The van der Waals surface area contributed by atoms with E-state index >= 15 is 0 Å². The monoisotopic (exact) mass is 484 g/mol. The van der Waals surface area contributed by atoms with Gasteiger partial charge in [0.1, 0.15) is 0 Å². The predicted molar refractivity (Wildman–Crippen MR) is 126 cm³/mol. The zero-order chi connectivity index (χ0) is 18.2. The van der Waals surface area contributed by atoms with E-state index in [-0.39, 0.29) is 24.0 Å². The highest BCUT2D eigenvalue weighted by atomic mass is 127. The first-order valence-electron chi connectivity index (χ1n) is 10.5. The van der Waals surface area contributed by atoms with Crippen LogP contribution in [0.5, 0.6) is 0 Å². The number of likely N-dealkylation sites (tertiary alicyclic amines) is 2. The van der Waals surface area contributed by atoms with Gasteiger partial charge in [-0.2, -0.15) is 0 Å². The summed E-state index contributed by atoms with van der Waals surface area (Å²) in [5, 5.41) is 3.67. The van der Waals surface area contributed by atoms with Gasteiger partial charge in [0.05, 0.1) is 0 Å². The Morgan fingerprint density at radius 3 is 2.44 bits per heavy atom. The highest BCUT2D eigenvalue weighted by molar-refractivity contribution is 14.0. The van der Waals surface area contributed by atoms with Crippen molar-refractivity contribution in [2.45, 2.75) is 39.0 Å². The molecule has 0 aromatic heterocycles. The minimum Gasteiger partial charge on any atom is -0.356 e. The molecule has 1 atom stereocenters. The number of nitrogens with one attached hydrogen (secondary N) is 1. The number of piperidine rings is 1. The lowest BCUT2D eigenvalue weighted by atomic mass is 9.97. The molecule has 0 amide bonds. The van der Waals surface area contributed by atoms with Gasteiger partial charge in [-0.1, -0.05) is 37.3 Å². The number of benzene rings is 1. The Morgan fingerprint density at radius 1 is 1.07 bits per heavy atom. The standard InChI is InChI=1S/C22H36N4.HI/c1-3-12-25-13-9-20(10-14-25)17-24-22(23-2)26-15-11-21(18-26)16-19-7-5-4-6-8-19;/h4-8,20-21H,3,9-18H2,1-2H3,(H,23,24);1H. The summed E-state index contributed by atoms with van der Waals surface area (Å²) < 4.78 is 0. The maximum absolute atomic E-state index is 4.56. The fourth-order valence-electron chi connectivity index (χ4n) is 4.44. The molecule has 2 aliphatic rings. The van der Waals surface area contributed by atoms with E-state index in [0.29, 0.717) is 0 Å². The molecule has 1 aromatic rings. The Morgan fingerprint density at radius 2 is 1.78 bits per heavy atom. The molecule has 1 unspecified atom stereocenters. The Kier molecular flexibility index (Phi) is 9.90. The molecule has 2 saturated heterocycles. The average Bonchev–Trinajstić information content (AvgIpc) is 3.13. The number of hydrogen-bond acceptors (Lipinski definition) is 2. The number of hydrogen-bond donors (Lipinski definition) is 1. The van der Waals surface area contributed by atoms with Crippen LogP contribution in [0.1, 0.15) is 38.2 Å². The molecular weight excluding hydrogens is 447 g/mol. The molecular formula is C22H37IN4. The second-order valence-electron chi connectivity index (χ2n) is 8.00. The van der Waals surface area contributed by atoms with Crippen molar-refractivity contribution < 1.29 is 0 Å². The van der Waals surface area contributed by atoms with E-state index in [0.717, 1.165) is 37.4 Å². The van der Waals surface area contributed by atoms with Crippen molar-refractivity contribution in [3.05, 3.63) is 35.9 Å². The molecule has 2 aliphatic heterocycles. The predicted octanol–water partition coefficient (Wildman–Crippen LogP) is 3.87. The third kappa shape index (κ3) is 6.93. The highest BCUT2D eigenvalue weighted by Crippen LogP contribution is 2.21. The molecule has 1 aromatic carbocycles. The smallest absolute Gasteiger partial charge is 0.193 e. The van der Waals surface area contributed by atoms with Gasteiger partial charge in [0.15, 0.2) is 5.96 Å². The quantitative estimate of drug-likeness (QED) is 0.378. The highest BCUT2D eigenvalue weighted by Gasteiger charge is 2.26. The molecule has 27 heavy (non-hydrogen) atoms. The van der Waals surface area contributed by atoms with Gasteiger partial charge in [0.25, 0.3) is 0 Å². The van der Waals surface area contributed by atoms with E-state index in [1.807, 2.05) is 7.05 Å². The van der Waals surface area contributed by atoms with Crippen molar-refractivity contribution >= 4 is 29.9 Å². The van der Waals surface area contributed by atoms with E-state index in [1.165, 1.54) is 57.3 Å². The first-order chi connectivity index (χ1) is 12.8. The van der Waals surface area contributed by atoms with Crippen LogP contribution in [-0.2, 0) is 6.42 Å². The zero-order valence-electron chi connectivity index (χ0n) is 17.1. The SMILES string of the molecule is CCCN1CCC(CNC(=NC)N2CCC(Cc3ccccc3)C2)CC1.I. The van der Waals surface area contributed by atoms with Crippen LogP contribution in [0.15, 0.2) is 35.3 Å². The number of halogens is 1. The molecule has 5 heteroatoms. The molecule has 2 fully saturated rings. The third-order valence-corrected chi connectivity index (χ3v) is 5.96. The van der Waals surface area contributed by atoms with Crippen molar-refractivity contribution in [1.82, 2.24) is 15.1 Å². The maximum atomic E-state index is 4.56. The Balaban J connectivity index is 0.00000261. The van der Waals surface area contributed by atoms with Gasteiger partial charge in [-0.05, 0) is 69.1 Å². The second kappa shape index (κ2) is 11.9. The van der Waals surface area contributed by atoms with Gasteiger partial charge >= 0.3 is 0 Å². The van der Waals surface area contributed by atoms with Crippen molar-refractivity contribution in [3.63, 3.8) is 0 Å². The maximum Gasteiger partial charge on any atom is 0.193 e. The Labute approximate surface area is 182 Å². The molecule has 2 heterocycles. The second-order valence-corrected chi connectivity index (χ2v) is 8.00. The zero-order valence-corrected chi connectivity index (χ0v) is 19.4. The van der Waals surface area contributed by atoms with E-state index in [4.69, 9.17) is 0 Å². The summed E-state index contributed by atoms with van der Waals surface area (Å²) in [4.78, 5) is 9.63. The first kappa shape index (κ1) is 22.5. The normalized spacial score (nSPS) is 21.9. The van der Waals surface area contributed by atoms with Crippen LogP contribution in [0.2, 0.25) is 0 Å². The van der Waals surface area contributed by atoms with Crippen LogP contribution in [0.4, 0.5) is 0 Å². The van der Waals surface area contributed by atoms with E-state index in [2.05, 4.69) is 57.4 Å². The first-order valence-corrected chi connectivity index (χ1v) is 10.5. The molecule has 0 bridgehead atoms. The van der Waals surface area contributed by atoms with Crippen molar-refractivity contribution in [1.29, 1.82) is 0 Å². The summed E-state index contributed by atoms with van der Waals surface area (Å²) >= 11 is 0. The fourth-order valence-corrected chi connectivity index (χ4v) is 4.44. The summed E-state index contributed by atoms with van der Waals surface area (Å²) in [5.41, 5.74) is 1.46. The van der Waals surface area contributed by atoms with Gasteiger partial charge < -0.3 is 15.1 Å². The summed E-state index contributed by atoms with van der Waals surface area (Å²) in [6, 6.07) is 10.9. The van der Waals surface area contributed by atoms with E-state index < -0.39 is 0 Å². The lowest BCUT2D eigenvalue weighted by Crippen LogP contribution is -2.44. The molecule has 152 valence electrons.